The molecule has 0 aliphatic carbocycles. The van der Waals surface area contributed by atoms with Gasteiger partial charge in [-0.15, -0.1) is 0 Å². The monoisotopic (exact) mass is 276 g/mol. The smallest absolute Gasteiger partial charge is 0.240 e. The molecule has 1 aromatic carbocycles. The second-order valence-corrected chi connectivity index (χ2v) is 6.17. The number of nitrogens with two attached hydrogens (primary N) is 1. The van der Waals surface area contributed by atoms with E-state index in [2.05, 4.69) is 4.72 Å². The summed E-state index contributed by atoms with van der Waals surface area (Å²) in [6.45, 7) is 5.45. The molecule has 0 fully saturated rings. The molecule has 4 nitrogen and oxygen atoms in total. The van der Waals surface area contributed by atoms with Crippen molar-refractivity contribution in [1.82, 2.24) is 4.72 Å². The van der Waals surface area contributed by atoms with Gasteiger partial charge in [0.15, 0.2) is 0 Å². The summed E-state index contributed by atoms with van der Waals surface area (Å²) in [4.78, 5) is 0.103. The Labute approximate surface area is 107 Å². The van der Waals surface area contributed by atoms with E-state index in [-0.39, 0.29) is 10.9 Å². The van der Waals surface area contributed by atoms with Crippen LogP contribution in [0.4, 0.5) is 5.69 Å². The summed E-state index contributed by atoms with van der Waals surface area (Å²) in [5.41, 5.74) is 6.77. The number of hydrogen-bond acceptors (Lipinski definition) is 3. The molecule has 0 amide bonds. The summed E-state index contributed by atoms with van der Waals surface area (Å²) < 4.78 is 26.5. The van der Waals surface area contributed by atoms with Crippen molar-refractivity contribution in [3.05, 3.63) is 22.7 Å². The van der Waals surface area contributed by atoms with Gasteiger partial charge in [0, 0.05) is 16.8 Å². The van der Waals surface area contributed by atoms with E-state index in [9.17, 15) is 8.42 Å². The van der Waals surface area contributed by atoms with E-state index in [1.807, 2.05) is 6.92 Å². The molecular formula is C11H17ClN2O2S. The second kappa shape index (κ2) is 5.25. The third-order valence-electron chi connectivity index (χ3n) is 2.64. The standard InChI is InChI=1S/C11H17ClN2O2S/c1-4-7(2)14-17(15,16)9-5-10(12)8(3)11(13)6-9/h5-7,14H,4,13H2,1-3H3. The predicted molar refractivity (Wildman–Crippen MR) is 70.7 cm³/mol. The highest BCUT2D eigenvalue weighted by Gasteiger charge is 2.18. The molecule has 1 unspecified atom stereocenters. The van der Waals surface area contributed by atoms with Gasteiger partial charge in [0.1, 0.15) is 0 Å². The van der Waals surface area contributed by atoms with Crippen LogP contribution in [0.1, 0.15) is 25.8 Å². The minimum atomic E-state index is -3.55. The summed E-state index contributed by atoms with van der Waals surface area (Å²) in [5.74, 6) is 0. The topological polar surface area (TPSA) is 72.2 Å². The molecular weight excluding hydrogens is 260 g/mol. The van der Waals surface area contributed by atoms with Gasteiger partial charge in [-0.1, -0.05) is 18.5 Å². The highest BCUT2D eigenvalue weighted by atomic mass is 35.5. The fraction of sp³-hybridized carbons (Fsp3) is 0.455. The van der Waals surface area contributed by atoms with Gasteiger partial charge in [-0.05, 0) is 38.0 Å². The van der Waals surface area contributed by atoms with Crippen molar-refractivity contribution < 1.29 is 8.42 Å². The molecule has 0 heterocycles. The Kier molecular flexibility index (Phi) is 4.41. The molecule has 0 aliphatic rings. The zero-order valence-corrected chi connectivity index (χ0v) is 11.7. The van der Waals surface area contributed by atoms with Crippen LogP contribution in [0.15, 0.2) is 17.0 Å². The molecule has 0 aliphatic heterocycles. The van der Waals surface area contributed by atoms with Crippen LogP contribution in [0.5, 0.6) is 0 Å². The maximum absolute atomic E-state index is 12.0. The van der Waals surface area contributed by atoms with Crippen LogP contribution in [0, 0.1) is 6.92 Å². The van der Waals surface area contributed by atoms with Crippen LogP contribution in [-0.2, 0) is 10.0 Å². The lowest BCUT2D eigenvalue weighted by Crippen LogP contribution is -2.32. The van der Waals surface area contributed by atoms with Crippen molar-refractivity contribution in [2.45, 2.75) is 38.1 Å². The molecule has 0 saturated heterocycles. The van der Waals surface area contributed by atoms with Gasteiger partial charge < -0.3 is 5.73 Å². The van der Waals surface area contributed by atoms with E-state index in [4.69, 9.17) is 17.3 Å². The lowest BCUT2D eigenvalue weighted by Gasteiger charge is -2.13. The van der Waals surface area contributed by atoms with Gasteiger partial charge in [0.05, 0.1) is 4.90 Å². The van der Waals surface area contributed by atoms with Crippen molar-refractivity contribution in [3.63, 3.8) is 0 Å². The third kappa shape index (κ3) is 3.34. The summed E-state index contributed by atoms with van der Waals surface area (Å²) in [5, 5.41) is 0.356. The maximum Gasteiger partial charge on any atom is 0.240 e. The number of hydrogen-bond donors (Lipinski definition) is 2. The van der Waals surface area contributed by atoms with Gasteiger partial charge in [0.2, 0.25) is 10.0 Å². The normalized spacial score (nSPS) is 13.6. The minimum Gasteiger partial charge on any atom is -0.398 e. The molecule has 0 aromatic heterocycles. The fourth-order valence-corrected chi connectivity index (χ4v) is 2.92. The van der Waals surface area contributed by atoms with E-state index >= 15 is 0 Å². The largest absolute Gasteiger partial charge is 0.398 e. The average Bonchev–Trinajstić information content (AvgIpc) is 2.24. The molecule has 0 saturated carbocycles. The summed E-state index contributed by atoms with van der Waals surface area (Å²) >= 11 is 5.92. The van der Waals surface area contributed by atoms with Gasteiger partial charge in [-0.2, -0.15) is 0 Å². The van der Waals surface area contributed by atoms with Crippen LogP contribution in [0.2, 0.25) is 5.02 Å². The number of nitrogen functional groups attached to an aromatic ring is 1. The first-order chi connectivity index (χ1) is 7.77. The Morgan fingerprint density at radius 1 is 1.47 bits per heavy atom. The third-order valence-corrected chi connectivity index (χ3v) is 4.60. The molecule has 0 spiro atoms. The van der Waals surface area contributed by atoms with Crippen LogP contribution < -0.4 is 10.5 Å². The highest BCUT2D eigenvalue weighted by Crippen LogP contribution is 2.25. The van der Waals surface area contributed by atoms with Crippen molar-refractivity contribution >= 4 is 27.3 Å². The van der Waals surface area contributed by atoms with Crippen molar-refractivity contribution in [3.8, 4) is 0 Å². The summed E-state index contributed by atoms with van der Waals surface area (Å²) in [7, 11) is -3.55. The van der Waals surface area contributed by atoms with E-state index in [1.54, 1.807) is 13.8 Å². The van der Waals surface area contributed by atoms with Gasteiger partial charge in [0.25, 0.3) is 0 Å². The fourth-order valence-electron chi connectivity index (χ4n) is 1.25. The zero-order chi connectivity index (χ0) is 13.2. The molecule has 1 aromatic rings. The number of anilines is 1. The van der Waals surface area contributed by atoms with Crippen molar-refractivity contribution in [1.29, 1.82) is 0 Å². The molecule has 0 bridgehead atoms. The Morgan fingerprint density at radius 2 is 2.06 bits per heavy atom. The quantitative estimate of drug-likeness (QED) is 0.829. The van der Waals surface area contributed by atoms with Gasteiger partial charge >= 0.3 is 0 Å². The molecule has 0 radical (unpaired) electrons. The zero-order valence-electron chi connectivity index (χ0n) is 10.1. The first-order valence-corrected chi connectivity index (χ1v) is 7.22. The number of benzene rings is 1. The molecule has 1 atom stereocenters. The number of halogens is 1. The van der Waals surface area contributed by atoms with E-state index in [0.29, 0.717) is 22.7 Å². The van der Waals surface area contributed by atoms with Crippen LogP contribution >= 0.6 is 11.6 Å². The molecule has 17 heavy (non-hydrogen) atoms. The molecule has 3 N–H and O–H groups in total. The lowest BCUT2D eigenvalue weighted by atomic mass is 10.2. The number of sulfonamides is 1. The van der Waals surface area contributed by atoms with E-state index in [1.165, 1.54) is 12.1 Å². The van der Waals surface area contributed by atoms with Gasteiger partial charge in [-0.25, -0.2) is 13.1 Å². The van der Waals surface area contributed by atoms with Crippen molar-refractivity contribution in [2.75, 3.05) is 5.73 Å². The average molecular weight is 277 g/mol. The summed E-state index contributed by atoms with van der Waals surface area (Å²) in [6.07, 6.45) is 0.717. The van der Waals surface area contributed by atoms with Crippen LogP contribution in [0.3, 0.4) is 0 Å². The number of rotatable bonds is 4. The van der Waals surface area contributed by atoms with Gasteiger partial charge in [-0.3, -0.25) is 0 Å². The first-order valence-electron chi connectivity index (χ1n) is 5.36. The first kappa shape index (κ1) is 14.3. The Hall–Kier alpha value is -0.780. The SMILES string of the molecule is CCC(C)NS(=O)(=O)c1cc(N)c(C)c(Cl)c1. The van der Waals surface area contributed by atoms with E-state index < -0.39 is 10.0 Å². The van der Waals surface area contributed by atoms with Crippen molar-refractivity contribution in [2.24, 2.45) is 0 Å². The molecule has 1 rings (SSSR count). The Morgan fingerprint density at radius 3 is 2.53 bits per heavy atom. The second-order valence-electron chi connectivity index (χ2n) is 4.05. The minimum absolute atomic E-state index is 0.103. The van der Waals surface area contributed by atoms with Crippen LogP contribution in [0.25, 0.3) is 0 Å². The Bertz CT molecular complexity index is 491. The van der Waals surface area contributed by atoms with E-state index in [0.717, 1.165) is 0 Å². The number of nitrogens with one attached hydrogen (secondary N) is 1. The lowest BCUT2D eigenvalue weighted by molar-refractivity contribution is 0.556. The highest BCUT2D eigenvalue weighted by molar-refractivity contribution is 7.89. The van der Waals surface area contributed by atoms with Crippen LogP contribution in [-0.4, -0.2) is 14.5 Å². The Balaban J connectivity index is 3.16. The molecule has 96 valence electrons. The predicted octanol–water partition coefficient (Wildman–Crippen LogP) is 2.31. The summed E-state index contributed by atoms with van der Waals surface area (Å²) in [6, 6.07) is 2.71. The maximum atomic E-state index is 12.0. The molecule has 6 heteroatoms.